The summed E-state index contributed by atoms with van der Waals surface area (Å²) in [6.45, 7) is 4.98. The van der Waals surface area contributed by atoms with Gasteiger partial charge in [-0.3, -0.25) is 4.79 Å². The van der Waals surface area contributed by atoms with Crippen molar-refractivity contribution in [2.45, 2.75) is 153 Å². The van der Waals surface area contributed by atoms with Gasteiger partial charge in [0.1, 0.15) is 36.6 Å². The van der Waals surface area contributed by atoms with Crippen LogP contribution in [0.3, 0.4) is 0 Å². The van der Waals surface area contributed by atoms with Crippen LogP contribution in [0.25, 0.3) is 0 Å². The van der Waals surface area contributed by atoms with E-state index < -0.39 is 53.8 Å². The summed E-state index contributed by atoms with van der Waals surface area (Å²) in [7, 11) is 0. The third-order valence-electron chi connectivity index (χ3n) is 8.20. The number of aliphatic hydroxyl groups excluding tert-OH is 4. The molecule has 2 aliphatic rings. The highest BCUT2D eigenvalue weighted by Gasteiger charge is 2.71. The van der Waals surface area contributed by atoms with Crippen LogP contribution in [0.1, 0.15) is 111 Å². The number of esters is 1. The minimum absolute atomic E-state index is 0.270. The molecule has 0 aromatic rings. The zero-order valence-corrected chi connectivity index (χ0v) is 23.1. The second kappa shape index (κ2) is 15.7. The Morgan fingerprint density at radius 2 is 1.27 bits per heavy atom. The van der Waals surface area contributed by atoms with E-state index in [1.54, 1.807) is 13.8 Å². The summed E-state index contributed by atoms with van der Waals surface area (Å²) in [5.41, 5.74) is -2.26. The Hall–Kier alpha value is -0.810. The largest absolute Gasteiger partial charge is 0.463 e. The van der Waals surface area contributed by atoms with Crippen molar-refractivity contribution in [1.82, 2.24) is 0 Å². The summed E-state index contributed by atoms with van der Waals surface area (Å²) in [6, 6.07) is 0. The van der Waals surface area contributed by atoms with E-state index >= 15 is 0 Å². The van der Waals surface area contributed by atoms with Gasteiger partial charge in [0.05, 0.1) is 12.7 Å². The second-order valence-electron chi connectivity index (χ2n) is 11.5. The number of hydrogen-bond acceptors (Lipinski definition) is 9. The molecule has 0 bridgehead atoms. The zero-order valence-electron chi connectivity index (χ0n) is 23.1. The number of hydrogen-bond donors (Lipinski definition) is 5. The minimum atomic E-state index is -1.57. The Balaban J connectivity index is 1.55. The molecule has 0 aromatic carbocycles. The Bertz CT molecular complexity index is 658. The first-order valence-corrected chi connectivity index (χ1v) is 14.4. The van der Waals surface area contributed by atoms with Crippen molar-refractivity contribution in [3.8, 4) is 0 Å². The topological polar surface area (TPSA) is 146 Å². The molecule has 0 spiro atoms. The normalized spacial score (nSPS) is 32.9. The van der Waals surface area contributed by atoms with Gasteiger partial charge in [-0.25, -0.2) is 0 Å². The third-order valence-corrected chi connectivity index (χ3v) is 8.20. The second-order valence-corrected chi connectivity index (χ2v) is 11.5. The summed E-state index contributed by atoms with van der Waals surface area (Å²) < 4.78 is 16.2. The van der Waals surface area contributed by atoms with Crippen molar-refractivity contribution in [1.29, 1.82) is 0 Å². The fraction of sp³-hybridized carbons (Fsp3) is 0.964. The molecule has 5 N–H and O–H groups in total. The molecule has 0 radical (unpaired) electrons. The molecule has 218 valence electrons. The lowest BCUT2D eigenvalue weighted by Crippen LogP contribution is -2.59. The Morgan fingerprint density at radius 3 is 1.76 bits per heavy atom. The lowest BCUT2D eigenvalue weighted by Gasteiger charge is -2.40. The van der Waals surface area contributed by atoms with Crippen LogP contribution >= 0.6 is 0 Å². The molecule has 1 aliphatic carbocycles. The molecule has 1 saturated carbocycles. The number of unbranched alkanes of at least 4 members (excludes halogenated alkanes) is 12. The predicted octanol–water partition coefficient (Wildman–Crippen LogP) is 2.97. The van der Waals surface area contributed by atoms with E-state index in [2.05, 4.69) is 6.92 Å². The Kier molecular flexibility index (Phi) is 13.7. The standard InChI is InChI=1S/C28H52O9/c1-4-5-6-7-8-9-10-11-12-13-14-15-16-17-21(29)35-18-20-22(30)23(31)24(32)25(37-20)36-19-28(34)26(33)27(28,2)3/h20,22-26,30-34H,4-19H2,1-3H3/t20-,22+,23+,24-,25+,26?,28?/m1/s1. The summed E-state index contributed by atoms with van der Waals surface area (Å²) in [5, 5.41) is 50.9. The average Bonchev–Trinajstić information content (AvgIpc) is 3.26. The summed E-state index contributed by atoms with van der Waals surface area (Å²) in [6.07, 6.45) is 8.08. The van der Waals surface area contributed by atoms with Gasteiger partial charge in [0.15, 0.2) is 6.29 Å². The van der Waals surface area contributed by atoms with Crippen LogP contribution < -0.4 is 0 Å². The van der Waals surface area contributed by atoms with E-state index in [1.165, 1.54) is 64.2 Å². The first-order valence-electron chi connectivity index (χ1n) is 14.4. The van der Waals surface area contributed by atoms with Crippen LogP contribution in [-0.2, 0) is 19.0 Å². The van der Waals surface area contributed by atoms with Gasteiger partial charge in [0, 0.05) is 11.8 Å². The quantitative estimate of drug-likeness (QED) is 0.125. The fourth-order valence-corrected chi connectivity index (χ4v) is 5.00. The van der Waals surface area contributed by atoms with Crippen molar-refractivity contribution in [3.05, 3.63) is 0 Å². The molecule has 0 aromatic heterocycles. The first-order chi connectivity index (χ1) is 17.6. The molecule has 2 rings (SSSR count). The van der Waals surface area contributed by atoms with Crippen LogP contribution in [0.2, 0.25) is 0 Å². The van der Waals surface area contributed by atoms with E-state index in [9.17, 15) is 30.3 Å². The van der Waals surface area contributed by atoms with Gasteiger partial charge >= 0.3 is 5.97 Å². The van der Waals surface area contributed by atoms with Crippen LogP contribution in [0.5, 0.6) is 0 Å². The third kappa shape index (κ3) is 9.41. The molecule has 2 fully saturated rings. The SMILES string of the molecule is CCCCCCCCCCCCCCCC(=O)OC[C@H]1O[C@H](OCC2(O)C(O)C2(C)C)[C@H](O)[C@@H](O)[C@H]1O. The maximum atomic E-state index is 12.1. The summed E-state index contributed by atoms with van der Waals surface area (Å²) in [4.78, 5) is 12.1. The van der Waals surface area contributed by atoms with Gasteiger partial charge in [-0.2, -0.15) is 0 Å². The molecular weight excluding hydrogens is 480 g/mol. The fourth-order valence-electron chi connectivity index (χ4n) is 5.00. The van der Waals surface area contributed by atoms with Gasteiger partial charge in [0.25, 0.3) is 0 Å². The molecule has 9 heteroatoms. The molecular formula is C28H52O9. The van der Waals surface area contributed by atoms with Gasteiger partial charge in [-0.15, -0.1) is 0 Å². The molecule has 9 nitrogen and oxygen atoms in total. The van der Waals surface area contributed by atoms with Crippen molar-refractivity contribution < 1.29 is 44.5 Å². The van der Waals surface area contributed by atoms with E-state index in [0.29, 0.717) is 0 Å². The van der Waals surface area contributed by atoms with Crippen LogP contribution in [0.4, 0.5) is 0 Å². The number of rotatable bonds is 19. The zero-order chi connectivity index (χ0) is 27.5. The van der Waals surface area contributed by atoms with E-state index in [0.717, 1.165) is 19.3 Å². The van der Waals surface area contributed by atoms with Gasteiger partial charge in [-0.1, -0.05) is 97.8 Å². The number of ether oxygens (including phenoxy) is 3. The monoisotopic (exact) mass is 532 g/mol. The molecule has 37 heavy (non-hydrogen) atoms. The smallest absolute Gasteiger partial charge is 0.305 e. The summed E-state index contributed by atoms with van der Waals surface area (Å²) >= 11 is 0. The maximum absolute atomic E-state index is 12.1. The van der Waals surface area contributed by atoms with Gasteiger partial charge < -0.3 is 39.7 Å². The van der Waals surface area contributed by atoms with Crippen molar-refractivity contribution in [2.75, 3.05) is 13.2 Å². The molecule has 1 aliphatic heterocycles. The predicted molar refractivity (Wildman–Crippen MR) is 139 cm³/mol. The van der Waals surface area contributed by atoms with Gasteiger partial charge in [-0.05, 0) is 6.42 Å². The van der Waals surface area contributed by atoms with Crippen molar-refractivity contribution >= 4 is 5.97 Å². The van der Waals surface area contributed by atoms with Crippen LogP contribution in [0, 0.1) is 5.41 Å². The average molecular weight is 533 g/mol. The molecule has 1 heterocycles. The highest BCUT2D eigenvalue weighted by atomic mass is 16.7. The van der Waals surface area contributed by atoms with E-state index in [-0.39, 0.29) is 19.6 Å². The minimum Gasteiger partial charge on any atom is -0.463 e. The van der Waals surface area contributed by atoms with E-state index in [1.807, 2.05) is 0 Å². The van der Waals surface area contributed by atoms with Crippen molar-refractivity contribution in [3.63, 3.8) is 0 Å². The van der Waals surface area contributed by atoms with Crippen molar-refractivity contribution in [2.24, 2.45) is 5.41 Å². The van der Waals surface area contributed by atoms with Crippen LogP contribution in [-0.4, -0.2) is 87.1 Å². The highest BCUT2D eigenvalue weighted by Crippen LogP contribution is 2.55. The van der Waals surface area contributed by atoms with Gasteiger partial charge in [0.2, 0.25) is 0 Å². The van der Waals surface area contributed by atoms with Crippen LogP contribution in [0.15, 0.2) is 0 Å². The Morgan fingerprint density at radius 1 is 0.784 bits per heavy atom. The Labute approximate surface area is 222 Å². The highest BCUT2D eigenvalue weighted by molar-refractivity contribution is 5.69. The lowest BCUT2D eigenvalue weighted by atomic mass is 9.99. The maximum Gasteiger partial charge on any atom is 0.305 e. The molecule has 7 atom stereocenters. The number of aliphatic hydroxyl groups is 5. The van der Waals surface area contributed by atoms with E-state index in [4.69, 9.17) is 14.2 Å². The molecule has 1 saturated heterocycles. The first kappa shape index (κ1) is 32.4. The molecule has 0 amide bonds. The summed E-state index contributed by atoms with van der Waals surface area (Å²) in [5.74, 6) is -0.408. The number of carbonyl (C=O) groups excluding carboxylic acids is 1. The lowest BCUT2D eigenvalue weighted by molar-refractivity contribution is -0.307. The number of carbonyl (C=O) groups is 1. The molecule has 2 unspecified atom stereocenters.